The van der Waals surface area contributed by atoms with Crippen LogP contribution >= 0.6 is 0 Å². The van der Waals surface area contributed by atoms with Crippen LogP contribution in [0, 0.1) is 48.1 Å². The van der Waals surface area contributed by atoms with Crippen LogP contribution < -0.4 is 9.80 Å². The molecule has 2 saturated heterocycles. The maximum absolute atomic E-state index is 14.5. The first-order valence-corrected chi connectivity index (χ1v) is 13.7. The van der Waals surface area contributed by atoms with Crippen molar-refractivity contribution < 1.29 is 13.6 Å². The standard InChI is InChI=1S/C31H31F2N7O/c1-21-25(20-37-7-9-38(10-8-37)29-6-4-3-5-23(29)18-34)15-26(22(2)36-21)31(41)40-13-11-39(12-14-40)30-17-27(32)24(19-35)16-28(30)33/h3-6,15-17H,7-14,20H2,1-2H3. The van der Waals surface area contributed by atoms with E-state index in [9.17, 15) is 18.8 Å². The fourth-order valence-corrected chi connectivity index (χ4v) is 5.56. The SMILES string of the molecule is Cc1nc(C)c(C(=O)N2CCN(c3cc(F)c(C#N)cc3F)CC2)cc1CN1CCN(c2ccccc2C#N)CC1. The molecule has 8 nitrogen and oxygen atoms in total. The van der Waals surface area contributed by atoms with Crippen LogP contribution in [0.5, 0.6) is 0 Å². The van der Waals surface area contributed by atoms with Crippen molar-refractivity contribution in [2.24, 2.45) is 0 Å². The van der Waals surface area contributed by atoms with Gasteiger partial charge in [0.05, 0.1) is 33.8 Å². The molecule has 3 aromatic rings. The molecule has 5 rings (SSSR count). The molecule has 0 atom stereocenters. The van der Waals surface area contributed by atoms with Crippen molar-refractivity contribution in [2.75, 3.05) is 62.2 Å². The summed E-state index contributed by atoms with van der Waals surface area (Å²) in [4.78, 5) is 26.2. The second-order valence-electron chi connectivity index (χ2n) is 10.4. The number of nitriles is 2. The van der Waals surface area contributed by atoms with E-state index < -0.39 is 11.6 Å². The lowest BCUT2D eigenvalue weighted by Gasteiger charge is -2.37. The number of aromatic nitrogens is 1. The zero-order valence-corrected chi connectivity index (χ0v) is 23.2. The number of halogens is 2. The van der Waals surface area contributed by atoms with E-state index in [1.165, 1.54) is 0 Å². The molecule has 0 aliphatic carbocycles. The molecule has 1 amide bonds. The van der Waals surface area contributed by atoms with Crippen LogP contribution in [0.1, 0.15) is 38.4 Å². The minimum atomic E-state index is -0.760. The molecular formula is C31H31F2N7O. The molecule has 1 aromatic heterocycles. The summed E-state index contributed by atoms with van der Waals surface area (Å²) in [5.74, 6) is -1.54. The molecule has 0 bridgehead atoms. The zero-order chi connectivity index (χ0) is 29.1. The van der Waals surface area contributed by atoms with Crippen LogP contribution in [0.25, 0.3) is 0 Å². The number of benzene rings is 2. The van der Waals surface area contributed by atoms with Crippen molar-refractivity contribution in [3.8, 4) is 12.1 Å². The number of aryl methyl sites for hydroxylation is 2. The fraction of sp³-hybridized carbons (Fsp3) is 0.355. The molecule has 0 saturated carbocycles. The summed E-state index contributed by atoms with van der Waals surface area (Å²) in [5, 5.41) is 18.4. The lowest BCUT2D eigenvalue weighted by atomic mass is 10.1. The molecule has 3 heterocycles. The van der Waals surface area contributed by atoms with Crippen LogP contribution in [0.15, 0.2) is 42.5 Å². The number of pyridine rings is 1. The highest BCUT2D eigenvalue weighted by molar-refractivity contribution is 5.95. The van der Waals surface area contributed by atoms with Crippen LogP contribution in [-0.4, -0.2) is 73.0 Å². The number of hydrogen-bond acceptors (Lipinski definition) is 7. The second-order valence-corrected chi connectivity index (χ2v) is 10.4. The predicted molar refractivity (Wildman–Crippen MR) is 152 cm³/mol. The molecule has 0 N–H and O–H groups in total. The van der Waals surface area contributed by atoms with Gasteiger partial charge in [0.25, 0.3) is 5.91 Å². The van der Waals surface area contributed by atoms with E-state index in [1.54, 1.807) is 15.9 Å². The van der Waals surface area contributed by atoms with E-state index in [-0.39, 0.29) is 17.2 Å². The summed E-state index contributed by atoms with van der Waals surface area (Å²) in [7, 11) is 0. The van der Waals surface area contributed by atoms with Gasteiger partial charge in [-0.15, -0.1) is 0 Å². The third kappa shape index (κ3) is 5.84. The fourth-order valence-electron chi connectivity index (χ4n) is 5.56. The Morgan fingerprint density at radius 2 is 1.44 bits per heavy atom. The Kier molecular flexibility index (Phi) is 8.14. The molecule has 41 heavy (non-hydrogen) atoms. The monoisotopic (exact) mass is 555 g/mol. The minimum Gasteiger partial charge on any atom is -0.368 e. The van der Waals surface area contributed by atoms with E-state index in [2.05, 4.69) is 15.9 Å². The number of hydrogen-bond donors (Lipinski definition) is 0. The number of para-hydroxylation sites is 1. The predicted octanol–water partition coefficient (Wildman–Crippen LogP) is 4.00. The van der Waals surface area contributed by atoms with Crippen LogP contribution in [0.4, 0.5) is 20.2 Å². The summed E-state index contributed by atoms with van der Waals surface area (Å²) < 4.78 is 28.6. The van der Waals surface area contributed by atoms with Crippen molar-refractivity contribution in [3.63, 3.8) is 0 Å². The van der Waals surface area contributed by atoms with E-state index in [1.807, 2.05) is 44.2 Å². The topological polar surface area (TPSA) is 90.5 Å². The van der Waals surface area contributed by atoms with Gasteiger partial charge in [-0.3, -0.25) is 14.7 Å². The Bertz CT molecular complexity index is 1550. The number of piperazine rings is 2. The maximum Gasteiger partial charge on any atom is 0.255 e. The van der Waals surface area contributed by atoms with E-state index in [0.717, 1.165) is 55.3 Å². The van der Waals surface area contributed by atoms with Crippen LogP contribution in [0.2, 0.25) is 0 Å². The van der Waals surface area contributed by atoms with E-state index >= 15 is 0 Å². The lowest BCUT2D eigenvalue weighted by molar-refractivity contribution is 0.0745. The molecule has 10 heteroatoms. The number of anilines is 2. The van der Waals surface area contributed by atoms with Gasteiger partial charge in [-0.1, -0.05) is 12.1 Å². The number of nitrogens with zero attached hydrogens (tertiary/aromatic N) is 7. The Morgan fingerprint density at radius 3 is 2.12 bits per heavy atom. The van der Waals surface area contributed by atoms with Gasteiger partial charge in [0.15, 0.2) is 0 Å². The number of amides is 1. The van der Waals surface area contributed by atoms with Crippen molar-refractivity contribution in [1.29, 1.82) is 10.5 Å². The Balaban J connectivity index is 1.23. The average Bonchev–Trinajstić information content (AvgIpc) is 2.99. The van der Waals surface area contributed by atoms with Crippen molar-refractivity contribution in [2.45, 2.75) is 20.4 Å². The normalized spacial score (nSPS) is 15.9. The van der Waals surface area contributed by atoms with Crippen LogP contribution in [0.3, 0.4) is 0 Å². The maximum atomic E-state index is 14.5. The minimum absolute atomic E-state index is 0.0975. The Hall–Kier alpha value is -4.54. The van der Waals surface area contributed by atoms with Gasteiger partial charge in [-0.2, -0.15) is 10.5 Å². The molecule has 2 aliphatic heterocycles. The third-order valence-electron chi connectivity index (χ3n) is 7.93. The number of rotatable bonds is 5. The van der Waals surface area contributed by atoms with Gasteiger partial charge < -0.3 is 14.7 Å². The highest BCUT2D eigenvalue weighted by atomic mass is 19.1. The molecule has 2 aromatic carbocycles. The van der Waals surface area contributed by atoms with Crippen molar-refractivity contribution >= 4 is 17.3 Å². The highest BCUT2D eigenvalue weighted by Gasteiger charge is 2.27. The molecule has 0 radical (unpaired) electrons. The Morgan fingerprint density at radius 1 is 0.805 bits per heavy atom. The first-order valence-electron chi connectivity index (χ1n) is 13.7. The molecule has 0 spiro atoms. The molecular weight excluding hydrogens is 524 g/mol. The third-order valence-corrected chi connectivity index (χ3v) is 7.93. The van der Waals surface area contributed by atoms with Crippen molar-refractivity contribution in [3.05, 3.63) is 87.7 Å². The largest absolute Gasteiger partial charge is 0.368 e. The van der Waals surface area contributed by atoms with Gasteiger partial charge in [-0.25, -0.2) is 8.78 Å². The lowest BCUT2D eigenvalue weighted by Crippen LogP contribution is -2.49. The smallest absolute Gasteiger partial charge is 0.255 e. The van der Waals surface area contributed by atoms with Gasteiger partial charge >= 0.3 is 0 Å². The summed E-state index contributed by atoms with van der Waals surface area (Å²) in [6.45, 7) is 9.12. The highest BCUT2D eigenvalue weighted by Crippen LogP contribution is 2.26. The molecule has 210 valence electrons. The average molecular weight is 556 g/mol. The van der Waals surface area contributed by atoms with Crippen molar-refractivity contribution in [1.82, 2.24) is 14.8 Å². The van der Waals surface area contributed by atoms with Crippen LogP contribution in [-0.2, 0) is 6.54 Å². The quantitative estimate of drug-likeness (QED) is 0.470. The number of carbonyl (C=O) groups is 1. The summed E-state index contributed by atoms with van der Waals surface area (Å²) >= 11 is 0. The van der Waals surface area contributed by atoms with E-state index in [0.29, 0.717) is 49.5 Å². The van der Waals surface area contributed by atoms with Gasteiger partial charge in [0.1, 0.15) is 23.8 Å². The van der Waals surface area contributed by atoms with Gasteiger partial charge in [0.2, 0.25) is 0 Å². The van der Waals surface area contributed by atoms with Gasteiger partial charge in [0, 0.05) is 70.7 Å². The molecule has 0 unspecified atom stereocenters. The Labute approximate surface area is 238 Å². The molecule has 2 fully saturated rings. The first-order chi connectivity index (χ1) is 19.8. The molecule has 2 aliphatic rings. The summed E-state index contributed by atoms with van der Waals surface area (Å²) in [5.41, 5.74) is 4.51. The zero-order valence-electron chi connectivity index (χ0n) is 23.2. The summed E-state index contributed by atoms with van der Waals surface area (Å²) in [6, 6.07) is 15.5. The van der Waals surface area contributed by atoms with E-state index in [4.69, 9.17) is 10.2 Å². The second kappa shape index (κ2) is 11.9. The summed E-state index contributed by atoms with van der Waals surface area (Å²) in [6.07, 6.45) is 0. The van der Waals surface area contributed by atoms with Gasteiger partial charge in [-0.05, 0) is 43.7 Å². The first kappa shape index (κ1) is 28.0. The number of carbonyl (C=O) groups excluding carboxylic acids is 1.